The van der Waals surface area contributed by atoms with Crippen LogP contribution in [-0.2, 0) is 4.79 Å². The van der Waals surface area contributed by atoms with Crippen LogP contribution in [0, 0.1) is 5.92 Å². The number of rotatable bonds is 3. The zero-order valence-corrected chi connectivity index (χ0v) is 10.7. The van der Waals surface area contributed by atoms with E-state index in [0.29, 0.717) is 11.5 Å². The van der Waals surface area contributed by atoms with E-state index in [-0.39, 0.29) is 17.7 Å². The summed E-state index contributed by atoms with van der Waals surface area (Å²) in [6, 6.07) is 7.41. The molecule has 0 heterocycles. The van der Waals surface area contributed by atoms with Gasteiger partial charge in [0.05, 0.1) is 0 Å². The van der Waals surface area contributed by atoms with Gasteiger partial charge in [0.15, 0.2) is 0 Å². The second-order valence-electron chi connectivity index (χ2n) is 4.99. The lowest BCUT2D eigenvalue weighted by atomic mass is 10.0. The van der Waals surface area contributed by atoms with Gasteiger partial charge >= 0.3 is 0 Å². The Hall–Kier alpha value is -1.84. The highest BCUT2D eigenvalue weighted by Gasteiger charge is 2.29. The second-order valence-corrected chi connectivity index (χ2v) is 4.99. The number of amides is 2. The molecule has 2 N–H and O–H groups in total. The van der Waals surface area contributed by atoms with E-state index >= 15 is 0 Å². The van der Waals surface area contributed by atoms with E-state index in [1.165, 1.54) is 5.56 Å². The molecule has 4 heteroatoms. The molecule has 0 radical (unpaired) electrons. The van der Waals surface area contributed by atoms with E-state index < -0.39 is 0 Å². The maximum atomic E-state index is 11.7. The van der Waals surface area contributed by atoms with Crippen molar-refractivity contribution in [3.63, 3.8) is 0 Å². The van der Waals surface area contributed by atoms with Gasteiger partial charge in [-0.1, -0.05) is 26.0 Å². The Morgan fingerprint density at radius 2 is 1.72 bits per heavy atom. The predicted octanol–water partition coefficient (Wildman–Crippen LogP) is 1.98. The minimum atomic E-state index is -0.278. The van der Waals surface area contributed by atoms with E-state index in [0.717, 1.165) is 12.8 Å². The summed E-state index contributed by atoms with van der Waals surface area (Å²) in [4.78, 5) is 23.1. The molecule has 96 valence electrons. The topological polar surface area (TPSA) is 58.2 Å². The Labute approximate surface area is 107 Å². The summed E-state index contributed by atoms with van der Waals surface area (Å²) in [6.07, 6.45) is 1.84. The average molecular weight is 246 g/mol. The van der Waals surface area contributed by atoms with Gasteiger partial charge in [-0.2, -0.15) is 0 Å². The summed E-state index contributed by atoms with van der Waals surface area (Å²) in [7, 11) is 0. The van der Waals surface area contributed by atoms with Crippen molar-refractivity contribution >= 4 is 11.8 Å². The van der Waals surface area contributed by atoms with Crippen LogP contribution in [-0.4, -0.2) is 11.8 Å². The molecule has 0 bridgehead atoms. The van der Waals surface area contributed by atoms with Crippen molar-refractivity contribution in [2.75, 3.05) is 0 Å². The molecular weight excluding hydrogens is 228 g/mol. The van der Waals surface area contributed by atoms with Crippen molar-refractivity contribution in [2.45, 2.75) is 32.6 Å². The van der Waals surface area contributed by atoms with Crippen LogP contribution < -0.4 is 10.9 Å². The normalized spacial score (nSPS) is 14.4. The quantitative estimate of drug-likeness (QED) is 0.801. The molecule has 0 spiro atoms. The molecular formula is C14H18N2O2. The third-order valence-corrected chi connectivity index (χ3v) is 3.09. The second kappa shape index (κ2) is 5.21. The van der Waals surface area contributed by atoms with Crippen LogP contribution in [0.1, 0.15) is 48.5 Å². The van der Waals surface area contributed by atoms with E-state index in [9.17, 15) is 9.59 Å². The highest BCUT2D eigenvalue weighted by Crippen LogP contribution is 2.28. The van der Waals surface area contributed by atoms with E-state index in [1.807, 2.05) is 12.1 Å². The molecule has 1 aliphatic rings. The van der Waals surface area contributed by atoms with Crippen LogP contribution in [0.5, 0.6) is 0 Å². The maximum Gasteiger partial charge on any atom is 0.269 e. The third kappa shape index (κ3) is 3.09. The number of carbonyl (C=O) groups excluding carboxylic acids is 2. The molecule has 2 amide bonds. The molecule has 2 rings (SSSR count). The van der Waals surface area contributed by atoms with Gasteiger partial charge in [-0.25, -0.2) is 0 Å². The zero-order valence-electron chi connectivity index (χ0n) is 10.7. The largest absolute Gasteiger partial charge is 0.273 e. The summed E-state index contributed by atoms with van der Waals surface area (Å²) < 4.78 is 0. The molecule has 18 heavy (non-hydrogen) atoms. The highest BCUT2D eigenvalue weighted by molar-refractivity contribution is 5.95. The minimum absolute atomic E-state index is 0.0913. The highest BCUT2D eigenvalue weighted by atomic mass is 16.2. The first-order valence-electron chi connectivity index (χ1n) is 6.28. The first-order valence-corrected chi connectivity index (χ1v) is 6.28. The summed E-state index contributed by atoms with van der Waals surface area (Å²) >= 11 is 0. The van der Waals surface area contributed by atoms with Gasteiger partial charge in [-0.05, 0) is 36.5 Å². The number of carbonyl (C=O) groups is 2. The van der Waals surface area contributed by atoms with Gasteiger partial charge in [0.25, 0.3) is 5.91 Å². The average Bonchev–Trinajstić information content (AvgIpc) is 3.20. The standard InChI is InChI=1S/C14H18N2O2/c1-9(2)10-3-5-11(6-4-10)13(17)15-16-14(18)12-7-8-12/h3-6,9,12H,7-8H2,1-2H3,(H,15,17)(H,16,18). The van der Waals surface area contributed by atoms with Crippen LogP contribution in [0.2, 0.25) is 0 Å². The molecule has 1 aromatic carbocycles. The molecule has 1 aromatic rings. The van der Waals surface area contributed by atoms with Crippen LogP contribution in [0.4, 0.5) is 0 Å². The first kappa shape index (κ1) is 12.6. The molecule has 0 saturated heterocycles. The third-order valence-electron chi connectivity index (χ3n) is 3.09. The van der Waals surface area contributed by atoms with Crippen LogP contribution in [0.3, 0.4) is 0 Å². The van der Waals surface area contributed by atoms with Crippen molar-refractivity contribution in [3.05, 3.63) is 35.4 Å². The number of hydrogen-bond acceptors (Lipinski definition) is 2. The monoisotopic (exact) mass is 246 g/mol. The Morgan fingerprint density at radius 1 is 1.11 bits per heavy atom. The molecule has 1 fully saturated rings. The Kier molecular flexibility index (Phi) is 3.65. The fourth-order valence-electron chi connectivity index (χ4n) is 1.66. The molecule has 0 aliphatic heterocycles. The molecule has 4 nitrogen and oxygen atoms in total. The van der Waals surface area contributed by atoms with Crippen molar-refractivity contribution in [1.29, 1.82) is 0 Å². The van der Waals surface area contributed by atoms with E-state index in [4.69, 9.17) is 0 Å². The molecule has 1 aliphatic carbocycles. The molecule has 0 atom stereocenters. The lowest BCUT2D eigenvalue weighted by Crippen LogP contribution is -2.42. The van der Waals surface area contributed by atoms with Gasteiger partial charge in [-0.3, -0.25) is 20.4 Å². The number of nitrogens with one attached hydrogen (secondary N) is 2. The number of hydrazine groups is 1. The summed E-state index contributed by atoms with van der Waals surface area (Å²) in [5.74, 6) is 0.159. The SMILES string of the molecule is CC(C)c1ccc(C(=O)NNC(=O)C2CC2)cc1. The minimum Gasteiger partial charge on any atom is -0.273 e. The van der Waals surface area contributed by atoms with E-state index in [1.54, 1.807) is 12.1 Å². The number of hydrogen-bond donors (Lipinski definition) is 2. The van der Waals surface area contributed by atoms with Crippen LogP contribution in [0.15, 0.2) is 24.3 Å². The molecule has 1 saturated carbocycles. The molecule has 0 unspecified atom stereocenters. The van der Waals surface area contributed by atoms with Crippen LogP contribution >= 0.6 is 0 Å². The predicted molar refractivity (Wildman–Crippen MR) is 68.9 cm³/mol. The van der Waals surface area contributed by atoms with E-state index in [2.05, 4.69) is 24.7 Å². The van der Waals surface area contributed by atoms with Gasteiger partial charge in [-0.15, -0.1) is 0 Å². The van der Waals surface area contributed by atoms with Gasteiger partial charge in [0.2, 0.25) is 5.91 Å². The smallest absolute Gasteiger partial charge is 0.269 e. The van der Waals surface area contributed by atoms with Gasteiger partial charge in [0.1, 0.15) is 0 Å². The number of benzene rings is 1. The van der Waals surface area contributed by atoms with Crippen molar-refractivity contribution in [3.8, 4) is 0 Å². The van der Waals surface area contributed by atoms with Crippen molar-refractivity contribution < 1.29 is 9.59 Å². The fraction of sp³-hybridized carbons (Fsp3) is 0.429. The summed E-state index contributed by atoms with van der Waals surface area (Å²) in [5, 5.41) is 0. The van der Waals surface area contributed by atoms with Gasteiger partial charge in [0, 0.05) is 11.5 Å². The van der Waals surface area contributed by atoms with Crippen molar-refractivity contribution in [2.24, 2.45) is 5.92 Å². The van der Waals surface area contributed by atoms with Crippen LogP contribution in [0.25, 0.3) is 0 Å². The lowest BCUT2D eigenvalue weighted by Gasteiger charge is -2.08. The Morgan fingerprint density at radius 3 is 2.22 bits per heavy atom. The summed E-state index contributed by atoms with van der Waals surface area (Å²) in [5.41, 5.74) is 6.61. The molecule has 0 aromatic heterocycles. The first-order chi connectivity index (χ1) is 8.58. The Bertz CT molecular complexity index is 447. The summed E-state index contributed by atoms with van der Waals surface area (Å²) in [6.45, 7) is 4.20. The zero-order chi connectivity index (χ0) is 13.1. The Balaban J connectivity index is 1.89. The van der Waals surface area contributed by atoms with Gasteiger partial charge < -0.3 is 0 Å². The van der Waals surface area contributed by atoms with Crippen molar-refractivity contribution in [1.82, 2.24) is 10.9 Å². The maximum absolute atomic E-state index is 11.7. The lowest BCUT2D eigenvalue weighted by molar-refractivity contribution is -0.123. The fourth-order valence-corrected chi connectivity index (χ4v) is 1.66.